The van der Waals surface area contributed by atoms with E-state index in [0.717, 1.165) is 20.8 Å². The van der Waals surface area contributed by atoms with E-state index < -0.39 is 10.0 Å². The lowest BCUT2D eigenvalue weighted by molar-refractivity contribution is 0.580. The molecule has 0 bridgehead atoms. The Morgan fingerprint density at radius 1 is 0.933 bits per heavy atom. The van der Waals surface area contributed by atoms with Crippen molar-refractivity contribution in [1.29, 1.82) is 0 Å². The molecule has 0 aliphatic heterocycles. The van der Waals surface area contributed by atoms with Gasteiger partial charge in [-0.05, 0) is 36.8 Å². The largest absolute Gasteiger partial charge is 0.349 e. The Kier molecular flexibility index (Phi) is 5.57. The average Bonchev–Trinajstić information content (AvgIpc) is 3.20. The molecule has 4 rings (SSSR count). The number of rotatable bonds is 6. The minimum Gasteiger partial charge on any atom is -0.349 e. The normalized spacial score (nSPS) is 11.4. The summed E-state index contributed by atoms with van der Waals surface area (Å²) in [6.07, 6.45) is 0. The molecule has 6 nitrogen and oxygen atoms in total. The molecule has 0 saturated carbocycles. The number of nitrogens with zero attached hydrogens (tertiary/aromatic N) is 3. The minimum atomic E-state index is -3.93. The summed E-state index contributed by atoms with van der Waals surface area (Å²) in [5.74, 6) is 0.467. The number of aromatic nitrogens is 3. The van der Waals surface area contributed by atoms with Gasteiger partial charge in [0.05, 0.1) is 4.90 Å². The quantitative estimate of drug-likeness (QED) is 0.469. The molecule has 4 aromatic rings. The first-order valence-corrected chi connectivity index (χ1v) is 11.1. The predicted molar refractivity (Wildman–Crippen MR) is 118 cm³/mol. The summed E-state index contributed by atoms with van der Waals surface area (Å²) in [6, 6.07) is 23.2. The zero-order valence-electron chi connectivity index (χ0n) is 16.2. The standard InChI is InChI=1S/C22H19ClN4O2S/c1-16-7-13-20(14-8-16)30(28,29)27-22(24-15-17-9-11-19(23)12-10-17)25-21(26-27)18-5-3-2-4-6-18/h2-14H,15H2,1H3,(H,24,25,26). The maximum absolute atomic E-state index is 13.3. The summed E-state index contributed by atoms with van der Waals surface area (Å²) < 4.78 is 27.5. The van der Waals surface area contributed by atoms with Crippen LogP contribution >= 0.6 is 11.6 Å². The van der Waals surface area contributed by atoms with Crippen LogP contribution in [0.3, 0.4) is 0 Å². The second-order valence-electron chi connectivity index (χ2n) is 6.77. The van der Waals surface area contributed by atoms with Gasteiger partial charge in [-0.25, -0.2) is 0 Å². The summed E-state index contributed by atoms with van der Waals surface area (Å²) in [5.41, 5.74) is 2.63. The van der Waals surface area contributed by atoms with Gasteiger partial charge in [0, 0.05) is 17.1 Å². The zero-order chi connectivity index (χ0) is 21.1. The molecular weight excluding hydrogens is 420 g/mol. The summed E-state index contributed by atoms with van der Waals surface area (Å²) in [6.45, 7) is 2.27. The summed E-state index contributed by atoms with van der Waals surface area (Å²) in [4.78, 5) is 4.60. The van der Waals surface area contributed by atoms with Crippen LogP contribution in [-0.4, -0.2) is 22.6 Å². The zero-order valence-corrected chi connectivity index (χ0v) is 17.7. The van der Waals surface area contributed by atoms with E-state index in [-0.39, 0.29) is 10.8 Å². The SMILES string of the molecule is Cc1ccc(S(=O)(=O)n2nc(-c3ccccc3)nc2NCc2ccc(Cl)cc2)cc1. The third kappa shape index (κ3) is 4.22. The molecule has 0 unspecified atom stereocenters. The molecule has 1 aromatic heterocycles. The van der Waals surface area contributed by atoms with Gasteiger partial charge in [-0.3, -0.25) is 0 Å². The van der Waals surface area contributed by atoms with Gasteiger partial charge in [0.1, 0.15) is 0 Å². The van der Waals surface area contributed by atoms with Crippen LogP contribution in [0.2, 0.25) is 5.02 Å². The Balaban J connectivity index is 1.74. The Morgan fingerprint density at radius 3 is 2.27 bits per heavy atom. The first kappa shape index (κ1) is 20.1. The fourth-order valence-electron chi connectivity index (χ4n) is 2.88. The number of aryl methyl sites for hydroxylation is 1. The highest BCUT2D eigenvalue weighted by Crippen LogP contribution is 2.23. The fourth-order valence-corrected chi connectivity index (χ4v) is 4.20. The van der Waals surface area contributed by atoms with Gasteiger partial charge in [0.2, 0.25) is 5.95 Å². The lowest BCUT2D eigenvalue weighted by Crippen LogP contribution is -2.18. The smallest absolute Gasteiger partial charge is 0.286 e. The van der Waals surface area contributed by atoms with Crippen molar-refractivity contribution in [2.45, 2.75) is 18.4 Å². The van der Waals surface area contributed by atoms with Crippen molar-refractivity contribution in [3.63, 3.8) is 0 Å². The van der Waals surface area contributed by atoms with Crippen molar-refractivity contribution in [3.8, 4) is 11.4 Å². The van der Waals surface area contributed by atoms with E-state index in [2.05, 4.69) is 15.4 Å². The van der Waals surface area contributed by atoms with Gasteiger partial charge >= 0.3 is 0 Å². The Morgan fingerprint density at radius 2 is 1.60 bits per heavy atom. The predicted octanol–water partition coefficient (Wildman–Crippen LogP) is 4.76. The Bertz CT molecular complexity index is 1250. The van der Waals surface area contributed by atoms with Crippen LogP contribution in [0, 0.1) is 6.92 Å². The van der Waals surface area contributed by atoms with Gasteiger partial charge < -0.3 is 5.32 Å². The Labute approximate surface area is 180 Å². The van der Waals surface area contributed by atoms with Crippen molar-refractivity contribution >= 4 is 27.6 Å². The van der Waals surface area contributed by atoms with E-state index in [1.165, 1.54) is 0 Å². The molecule has 0 amide bonds. The van der Waals surface area contributed by atoms with E-state index in [0.29, 0.717) is 17.4 Å². The highest BCUT2D eigenvalue weighted by molar-refractivity contribution is 7.90. The number of hydrogen-bond acceptors (Lipinski definition) is 5. The van der Waals surface area contributed by atoms with Crippen LogP contribution in [0.4, 0.5) is 5.95 Å². The van der Waals surface area contributed by atoms with Crippen LogP contribution in [0.25, 0.3) is 11.4 Å². The van der Waals surface area contributed by atoms with Crippen LogP contribution < -0.4 is 5.32 Å². The summed E-state index contributed by atoms with van der Waals surface area (Å²) in [5, 5.41) is 8.04. The minimum absolute atomic E-state index is 0.143. The fraction of sp³-hybridized carbons (Fsp3) is 0.0909. The molecule has 30 heavy (non-hydrogen) atoms. The van der Waals surface area contributed by atoms with Crippen molar-refractivity contribution in [1.82, 2.24) is 14.2 Å². The third-order valence-electron chi connectivity index (χ3n) is 4.52. The number of hydrogen-bond donors (Lipinski definition) is 1. The van der Waals surface area contributed by atoms with Crippen molar-refractivity contribution in [2.75, 3.05) is 5.32 Å². The molecule has 0 fully saturated rings. The molecule has 0 radical (unpaired) electrons. The summed E-state index contributed by atoms with van der Waals surface area (Å²) >= 11 is 5.94. The lowest BCUT2D eigenvalue weighted by Gasteiger charge is -2.09. The highest BCUT2D eigenvalue weighted by Gasteiger charge is 2.24. The van der Waals surface area contributed by atoms with E-state index >= 15 is 0 Å². The molecule has 3 aromatic carbocycles. The first-order chi connectivity index (χ1) is 14.4. The van der Waals surface area contributed by atoms with Crippen molar-refractivity contribution in [3.05, 3.63) is 95.0 Å². The molecule has 1 heterocycles. The molecule has 8 heteroatoms. The van der Waals surface area contributed by atoms with E-state index in [1.807, 2.05) is 49.4 Å². The molecule has 152 valence electrons. The van der Waals surface area contributed by atoms with Crippen LogP contribution in [-0.2, 0) is 16.6 Å². The number of anilines is 1. The van der Waals surface area contributed by atoms with Gasteiger partial charge in [0.15, 0.2) is 5.82 Å². The molecule has 0 atom stereocenters. The monoisotopic (exact) mass is 438 g/mol. The summed E-state index contributed by atoms with van der Waals surface area (Å²) in [7, 11) is -3.93. The van der Waals surface area contributed by atoms with Gasteiger partial charge in [-0.2, -0.15) is 13.4 Å². The van der Waals surface area contributed by atoms with Gasteiger partial charge in [-0.1, -0.05) is 71.8 Å². The van der Waals surface area contributed by atoms with Gasteiger partial charge in [0.25, 0.3) is 10.0 Å². The first-order valence-electron chi connectivity index (χ1n) is 9.26. The molecular formula is C22H19ClN4O2S. The Hall–Kier alpha value is -3.16. The molecule has 1 N–H and O–H groups in total. The third-order valence-corrected chi connectivity index (χ3v) is 6.35. The molecule has 0 aliphatic rings. The van der Waals surface area contributed by atoms with Crippen LogP contribution in [0.15, 0.2) is 83.8 Å². The molecule has 0 aliphatic carbocycles. The maximum Gasteiger partial charge on any atom is 0.286 e. The van der Waals surface area contributed by atoms with E-state index in [9.17, 15) is 8.42 Å². The molecule has 0 saturated heterocycles. The lowest BCUT2D eigenvalue weighted by atomic mass is 10.2. The van der Waals surface area contributed by atoms with Crippen LogP contribution in [0.1, 0.15) is 11.1 Å². The topological polar surface area (TPSA) is 76.9 Å². The second-order valence-corrected chi connectivity index (χ2v) is 8.97. The van der Waals surface area contributed by atoms with Crippen molar-refractivity contribution in [2.24, 2.45) is 0 Å². The van der Waals surface area contributed by atoms with Gasteiger partial charge in [-0.15, -0.1) is 9.19 Å². The van der Waals surface area contributed by atoms with Crippen molar-refractivity contribution < 1.29 is 8.42 Å². The number of nitrogens with one attached hydrogen (secondary N) is 1. The number of benzene rings is 3. The van der Waals surface area contributed by atoms with E-state index in [1.54, 1.807) is 36.4 Å². The maximum atomic E-state index is 13.3. The highest BCUT2D eigenvalue weighted by atomic mass is 35.5. The second kappa shape index (κ2) is 8.30. The average molecular weight is 439 g/mol. The number of halogens is 1. The van der Waals surface area contributed by atoms with Crippen LogP contribution in [0.5, 0.6) is 0 Å². The molecule has 0 spiro atoms. The van der Waals surface area contributed by atoms with E-state index in [4.69, 9.17) is 11.6 Å².